The van der Waals surface area contributed by atoms with Gasteiger partial charge in [0.15, 0.2) is 5.65 Å². The van der Waals surface area contributed by atoms with E-state index in [1.54, 1.807) is 4.90 Å². The second-order valence-electron chi connectivity index (χ2n) is 6.72. The van der Waals surface area contributed by atoms with Crippen molar-refractivity contribution >= 4 is 17.2 Å². The molecule has 1 saturated heterocycles. The highest BCUT2D eigenvalue weighted by Gasteiger charge is 2.30. The molecule has 1 amide bonds. The highest BCUT2D eigenvalue weighted by atomic mass is 16.6. The summed E-state index contributed by atoms with van der Waals surface area (Å²) in [4.78, 5) is 25.4. The van der Waals surface area contributed by atoms with Gasteiger partial charge in [0.2, 0.25) is 0 Å². The van der Waals surface area contributed by atoms with E-state index in [1.165, 1.54) is 25.3 Å². The lowest BCUT2D eigenvalue weighted by atomic mass is 9.96. The van der Waals surface area contributed by atoms with E-state index in [1.807, 2.05) is 28.8 Å². The molecule has 0 aliphatic carbocycles. The van der Waals surface area contributed by atoms with Crippen LogP contribution in [0.25, 0.3) is 5.65 Å². The van der Waals surface area contributed by atoms with Crippen LogP contribution < -0.4 is 4.74 Å². The van der Waals surface area contributed by atoms with Gasteiger partial charge >= 0.3 is 0 Å². The van der Waals surface area contributed by atoms with Crippen LogP contribution in [-0.2, 0) is 0 Å². The van der Waals surface area contributed by atoms with E-state index in [0.29, 0.717) is 18.8 Å². The van der Waals surface area contributed by atoms with Crippen LogP contribution in [0, 0.1) is 10.1 Å². The average molecular weight is 381 g/mol. The number of likely N-dealkylation sites (tertiary alicyclic amines) is 1. The zero-order valence-electron chi connectivity index (χ0n) is 15.3. The number of benzene rings is 1. The number of carbonyl (C=O) groups is 1. The van der Waals surface area contributed by atoms with Crippen molar-refractivity contribution in [1.82, 2.24) is 19.5 Å². The third kappa shape index (κ3) is 3.15. The van der Waals surface area contributed by atoms with Crippen molar-refractivity contribution in [2.45, 2.75) is 18.8 Å². The van der Waals surface area contributed by atoms with Crippen LogP contribution >= 0.6 is 0 Å². The monoisotopic (exact) mass is 381 g/mol. The summed E-state index contributed by atoms with van der Waals surface area (Å²) in [5.74, 6) is 0.906. The Labute approximate surface area is 160 Å². The molecule has 1 aliphatic rings. The first kappa shape index (κ1) is 17.9. The van der Waals surface area contributed by atoms with Crippen molar-refractivity contribution in [2.24, 2.45) is 0 Å². The number of non-ortho nitro benzene ring substituents is 1. The fourth-order valence-electron chi connectivity index (χ4n) is 3.66. The Morgan fingerprint density at radius 2 is 2.14 bits per heavy atom. The Balaban J connectivity index is 1.62. The number of carbonyl (C=O) groups excluding carboxylic acids is 1. The van der Waals surface area contributed by atoms with Gasteiger partial charge in [-0.1, -0.05) is 6.07 Å². The number of piperidine rings is 1. The predicted octanol–water partition coefficient (Wildman–Crippen LogP) is 2.67. The molecule has 0 saturated carbocycles. The topological polar surface area (TPSA) is 103 Å². The molecule has 1 fully saturated rings. The first-order valence-corrected chi connectivity index (χ1v) is 9.00. The minimum atomic E-state index is -0.516. The highest BCUT2D eigenvalue weighted by molar-refractivity contribution is 5.97. The molecular formula is C19H19N5O4. The highest BCUT2D eigenvalue weighted by Crippen LogP contribution is 2.30. The number of hydrogen-bond acceptors (Lipinski definition) is 6. The summed E-state index contributed by atoms with van der Waals surface area (Å²) in [6.45, 7) is 1.05. The molecule has 4 rings (SSSR count). The summed E-state index contributed by atoms with van der Waals surface area (Å²) in [6.07, 6.45) is 3.62. The SMILES string of the molecule is COc1ccc([N+](=O)[O-])cc1C(=O)N1CCCC(c2nnc3ccccn23)C1. The first-order chi connectivity index (χ1) is 13.6. The Morgan fingerprint density at radius 1 is 1.29 bits per heavy atom. The van der Waals surface area contributed by atoms with Crippen LogP contribution in [0.4, 0.5) is 5.69 Å². The number of nitrogens with zero attached hydrogens (tertiary/aromatic N) is 5. The number of methoxy groups -OCH3 is 1. The van der Waals surface area contributed by atoms with Crippen LogP contribution in [0.5, 0.6) is 5.75 Å². The molecule has 0 bridgehead atoms. The molecule has 9 heteroatoms. The van der Waals surface area contributed by atoms with E-state index in [9.17, 15) is 14.9 Å². The minimum Gasteiger partial charge on any atom is -0.496 e. The van der Waals surface area contributed by atoms with E-state index < -0.39 is 4.92 Å². The number of pyridine rings is 1. The lowest BCUT2D eigenvalue weighted by Gasteiger charge is -2.32. The van der Waals surface area contributed by atoms with Crippen molar-refractivity contribution in [2.75, 3.05) is 20.2 Å². The predicted molar refractivity (Wildman–Crippen MR) is 101 cm³/mol. The number of rotatable bonds is 4. The standard InChI is InChI=1S/C19H19N5O4/c1-28-16-8-7-14(24(26)27)11-15(16)19(25)22-9-4-5-13(12-22)18-21-20-17-6-2-3-10-23(17)18/h2-3,6-8,10-11,13H,4-5,9,12H2,1H3. The molecule has 0 radical (unpaired) electrons. The van der Waals surface area contributed by atoms with Gasteiger partial charge in [0.25, 0.3) is 11.6 Å². The summed E-state index contributed by atoms with van der Waals surface area (Å²) in [5.41, 5.74) is 0.825. The summed E-state index contributed by atoms with van der Waals surface area (Å²) in [5, 5.41) is 19.6. The second kappa shape index (κ2) is 7.26. The zero-order valence-corrected chi connectivity index (χ0v) is 15.3. The summed E-state index contributed by atoms with van der Waals surface area (Å²) < 4.78 is 7.19. The molecule has 3 heterocycles. The van der Waals surface area contributed by atoms with Crippen molar-refractivity contribution in [1.29, 1.82) is 0 Å². The second-order valence-corrected chi connectivity index (χ2v) is 6.72. The van der Waals surface area contributed by atoms with Crippen LogP contribution in [0.2, 0.25) is 0 Å². The Kier molecular flexibility index (Phi) is 4.64. The molecule has 28 heavy (non-hydrogen) atoms. The van der Waals surface area contributed by atoms with Crippen molar-refractivity contribution < 1.29 is 14.5 Å². The molecule has 144 valence electrons. The number of amides is 1. The van der Waals surface area contributed by atoms with Gasteiger partial charge in [-0.25, -0.2) is 0 Å². The third-order valence-electron chi connectivity index (χ3n) is 5.04. The molecule has 2 aromatic heterocycles. The maximum absolute atomic E-state index is 13.1. The van der Waals surface area contributed by atoms with E-state index >= 15 is 0 Å². The molecule has 1 unspecified atom stereocenters. The molecule has 1 aromatic carbocycles. The van der Waals surface area contributed by atoms with Crippen LogP contribution in [-0.4, -0.2) is 50.5 Å². The maximum atomic E-state index is 13.1. The van der Waals surface area contributed by atoms with Crippen molar-refractivity contribution in [3.05, 3.63) is 64.1 Å². The third-order valence-corrected chi connectivity index (χ3v) is 5.04. The number of ether oxygens (including phenoxy) is 1. The molecule has 0 spiro atoms. The van der Waals surface area contributed by atoms with Gasteiger partial charge in [-0.2, -0.15) is 0 Å². The Bertz CT molecular complexity index is 1050. The average Bonchev–Trinajstić information content (AvgIpc) is 3.17. The Hall–Kier alpha value is -3.49. The fourth-order valence-corrected chi connectivity index (χ4v) is 3.66. The molecule has 0 N–H and O–H groups in total. The molecule has 9 nitrogen and oxygen atoms in total. The molecule has 3 aromatic rings. The van der Waals surface area contributed by atoms with Gasteiger partial charge in [0, 0.05) is 37.3 Å². The number of nitro benzene ring substituents is 1. The van der Waals surface area contributed by atoms with Gasteiger partial charge in [0.1, 0.15) is 11.6 Å². The number of nitro groups is 1. The largest absolute Gasteiger partial charge is 0.496 e. The lowest BCUT2D eigenvalue weighted by Crippen LogP contribution is -2.39. The van der Waals surface area contributed by atoms with Gasteiger partial charge in [-0.05, 0) is 31.0 Å². The molecular weight excluding hydrogens is 362 g/mol. The first-order valence-electron chi connectivity index (χ1n) is 9.00. The van der Waals surface area contributed by atoms with E-state index in [4.69, 9.17) is 4.74 Å². The quantitative estimate of drug-likeness (QED) is 0.508. The van der Waals surface area contributed by atoms with Gasteiger partial charge < -0.3 is 9.64 Å². The van der Waals surface area contributed by atoms with E-state index in [2.05, 4.69) is 10.2 Å². The summed E-state index contributed by atoms with van der Waals surface area (Å²) in [6, 6.07) is 9.77. The zero-order chi connectivity index (χ0) is 19.7. The molecule has 1 aliphatic heterocycles. The van der Waals surface area contributed by atoms with Crippen molar-refractivity contribution in [3.8, 4) is 5.75 Å². The van der Waals surface area contributed by atoms with Crippen LogP contribution in [0.1, 0.15) is 34.9 Å². The fraction of sp³-hybridized carbons (Fsp3) is 0.316. The lowest BCUT2D eigenvalue weighted by molar-refractivity contribution is -0.384. The summed E-state index contributed by atoms with van der Waals surface area (Å²) >= 11 is 0. The van der Waals surface area contributed by atoms with Crippen molar-refractivity contribution in [3.63, 3.8) is 0 Å². The van der Waals surface area contributed by atoms with Gasteiger partial charge in [-0.15, -0.1) is 10.2 Å². The van der Waals surface area contributed by atoms with Gasteiger partial charge in [-0.3, -0.25) is 19.3 Å². The number of hydrogen-bond donors (Lipinski definition) is 0. The molecule has 1 atom stereocenters. The minimum absolute atomic E-state index is 0.0415. The normalized spacial score (nSPS) is 16.9. The van der Waals surface area contributed by atoms with E-state index in [0.717, 1.165) is 24.3 Å². The smallest absolute Gasteiger partial charge is 0.270 e. The van der Waals surface area contributed by atoms with E-state index in [-0.39, 0.29) is 23.1 Å². The van der Waals surface area contributed by atoms with Gasteiger partial charge in [0.05, 0.1) is 17.6 Å². The van der Waals surface area contributed by atoms with Crippen LogP contribution in [0.15, 0.2) is 42.6 Å². The Morgan fingerprint density at radius 3 is 2.93 bits per heavy atom. The summed E-state index contributed by atoms with van der Waals surface area (Å²) in [7, 11) is 1.44. The maximum Gasteiger partial charge on any atom is 0.270 e. The number of aromatic nitrogens is 3. The number of fused-ring (bicyclic) bond motifs is 1. The van der Waals surface area contributed by atoms with Crippen LogP contribution in [0.3, 0.4) is 0 Å².